The lowest BCUT2D eigenvalue weighted by Crippen LogP contribution is -2.39. The summed E-state index contributed by atoms with van der Waals surface area (Å²) in [6.45, 7) is 1.55. The number of rotatable bonds is 6. The second-order valence-electron chi connectivity index (χ2n) is 6.89. The molecule has 29 heavy (non-hydrogen) atoms. The molecular formula is C22H24ClNO5. The molecule has 1 N–H and O–H groups in total. The van der Waals surface area contributed by atoms with E-state index >= 15 is 0 Å². The number of aryl methyl sites for hydroxylation is 1. The van der Waals surface area contributed by atoms with E-state index < -0.39 is 12.1 Å². The Morgan fingerprint density at radius 2 is 1.93 bits per heavy atom. The molecule has 2 atom stereocenters. The fourth-order valence-electron chi connectivity index (χ4n) is 3.51. The smallest absolute Gasteiger partial charge is 0.339 e. The number of hydrogen-bond acceptors (Lipinski definition) is 5. The summed E-state index contributed by atoms with van der Waals surface area (Å²) in [7, 11) is 2.90. The zero-order chi connectivity index (χ0) is 21.0. The van der Waals surface area contributed by atoms with Gasteiger partial charge in [0, 0.05) is 0 Å². The summed E-state index contributed by atoms with van der Waals surface area (Å²) in [5.74, 6) is -0.374. The van der Waals surface area contributed by atoms with Crippen molar-refractivity contribution in [1.29, 1.82) is 0 Å². The van der Waals surface area contributed by atoms with Crippen LogP contribution in [0.15, 0.2) is 36.4 Å². The molecule has 0 saturated carbocycles. The lowest BCUT2D eigenvalue weighted by molar-refractivity contribution is -0.130. The number of halogens is 1. The van der Waals surface area contributed by atoms with Crippen LogP contribution in [0.2, 0.25) is 5.02 Å². The van der Waals surface area contributed by atoms with E-state index in [0.29, 0.717) is 11.5 Å². The van der Waals surface area contributed by atoms with Crippen LogP contribution in [0.1, 0.15) is 47.3 Å². The van der Waals surface area contributed by atoms with Crippen LogP contribution in [-0.2, 0) is 16.0 Å². The summed E-state index contributed by atoms with van der Waals surface area (Å²) in [6, 6.07) is 10.9. The highest BCUT2D eigenvalue weighted by Gasteiger charge is 2.26. The maximum Gasteiger partial charge on any atom is 0.339 e. The van der Waals surface area contributed by atoms with E-state index in [1.807, 2.05) is 18.2 Å². The largest absolute Gasteiger partial charge is 0.493 e. The molecular weight excluding hydrogens is 394 g/mol. The molecule has 1 aliphatic carbocycles. The van der Waals surface area contributed by atoms with E-state index in [1.165, 1.54) is 31.9 Å². The maximum absolute atomic E-state index is 12.6. The van der Waals surface area contributed by atoms with Crippen molar-refractivity contribution in [2.24, 2.45) is 0 Å². The second kappa shape index (κ2) is 9.18. The molecule has 0 aliphatic heterocycles. The predicted molar refractivity (Wildman–Crippen MR) is 110 cm³/mol. The van der Waals surface area contributed by atoms with Crippen LogP contribution >= 0.6 is 11.6 Å². The number of methoxy groups -OCH3 is 2. The fraction of sp³-hybridized carbons (Fsp3) is 0.364. The number of carbonyl (C=O) groups excluding carboxylic acids is 2. The molecule has 0 unspecified atom stereocenters. The molecule has 0 spiro atoms. The lowest BCUT2D eigenvalue weighted by atomic mass is 9.87. The highest BCUT2D eigenvalue weighted by molar-refractivity contribution is 6.32. The van der Waals surface area contributed by atoms with Crippen molar-refractivity contribution in [3.63, 3.8) is 0 Å². The van der Waals surface area contributed by atoms with Crippen LogP contribution in [0.4, 0.5) is 0 Å². The summed E-state index contributed by atoms with van der Waals surface area (Å²) in [6.07, 6.45) is 1.91. The van der Waals surface area contributed by atoms with Crippen molar-refractivity contribution in [2.75, 3.05) is 14.2 Å². The summed E-state index contributed by atoms with van der Waals surface area (Å²) >= 11 is 6.14. The summed E-state index contributed by atoms with van der Waals surface area (Å²) < 4.78 is 15.7. The van der Waals surface area contributed by atoms with Crippen molar-refractivity contribution >= 4 is 23.5 Å². The fourth-order valence-corrected chi connectivity index (χ4v) is 3.80. The van der Waals surface area contributed by atoms with Gasteiger partial charge >= 0.3 is 5.97 Å². The number of amides is 1. The van der Waals surface area contributed by atoms with E-state index in [4.69, 9.17) is 25.8 Å². The number of hydrogen-bond donors (Lipinski definition) is 1. The normalized spacial score (nSPS) is 16.3. The van der Waals surface area contributed by atoms with Crippen LogP contribution < -0.4 is 14.8 Å². The number of esters is 1. The van der Waals surface area contributed by atoms with Gasteiger partial charge < -0.3 is 19.5 Å². The summed E-state index contributed by atoms with van der Waals surface area (Å²) in [4.78, 5) is 25.1. The van der Waals surface area contributed by atoms with Crippen molar-refractivity contribution in [3.05, 3.63) is 58.1 Å². The van der Waals surface area contributed by atoms with Gasteiger partial charge in [-0.25, -0.2) is 4.79 Å². The molecule has 2 aromatic carbocycles. The Kier molecular flexibility index (Phi) is 6.64. The molecule has 0 saturated heterocycles. The van der Waals surface area contributed by atoms with E-state index in [-0.39, 0.29) is 22.5 Å². The van der Waals surface area contributed by atoms with Crippen molar-refractivity contribution in [2.45, 2.75) is 38.3 Å². The number of fused-ring (bicyclic) bond motifs is 1. The first kappa shape index (κ1) is 21.0. The zero-order valence-electron chi connectivity index (χ0n) is 16.7. The van der Waals surface area contributed by atoms with E-state index in [0.717, 1.165) is 24.8 Å². The lowest BCUT2D eigenvalue weighted by Gasteiger charge is -2.27. The number of nitrogens with one attached hydrogen (secondary N) is 1. The average molecular weight is 418 g/mol. The number of benzene rings is 2. The molecule has 6 nitrogen and oxygen atoms in total. The molecule has 2 aromatic rings. The molecule has 7 heteroatoms. The minimum Gasteiger partial charge on any atom is -0.493 e. The first-order valence-electron chi connectivity index (χ1n) is 9.45. The van der Waals surface area contributed by atoms with Crippen molar-refractivity contribution in [3.8, 4) is 11.5 Å². The topological polar surface area (TPSA) is 73.9 Å². The molecule has 0 fully saturated rings. The Labute approximate surface area is 175 Å². The number of carbonyl (C=O) groups is 2. The highest BCUT2D eigenvalue weighted by Crippen LogP contribution is 2.36. The first-order valence-corrected chi connectivity index (χ1v) is 9.83. The highest BCUT2D eigenvalue weighted by atomic mass is 35.5. The Balaban J connectivity index is 1.67. The average Bonchev–Trinajstić information content (AvgIpc) is 2.73. The minimum absolute atomic E-state index is 0.0795. The molecule has 154 valence electrons. The summed E-state index contributed by atoms with van der Waals surface area (Å²) in [5, 5.41) is 3.21. The van der Waals surface area contributed by atoms with E-state index in [9.17, 15) is 9.59 Å². The molecule has 3 rings (SSSR count). The van der Waals surface area contributed by atoms with Gasteiger partial charge in [0.05, 0.1) is 30.8 Å². The van der Waals surface area contributed by atoms with Gasteiger partial charge in [0.2, 0.25) is 0 Å². The van der Waals surface area contributed by atoms with E-state index in [2.05, 4.69) is 11.4 Å². The maximum atomic E-state index is 12.6. The molecule has 0 bridgehead atoms. The molecule has 0 aromatic heterocycles. The van der Waals surface area contributed by atoms with Gasteiger partial charge in [-0.1, -0.05) is 35.9 Å². The first-order chi connectivity index (χ1) is 13.9. The van der Waals surface area contributed by atoms with Gasteiger partial charge in [0.25, 0.3) is 5.91 Å². The molecule has 0 heterocycles. The molecule has 1 amide bonds. The minimum atomic E-state index is -0.955. The SMILES string of the molecule is COc1cc(C(=O)O[C@H](C)C(=O)N[C@H]2CCCc3ccccc32)cc(Cl)c1OC. The third-order valence-electron chi connectivity index (χ3n) is 5.01. The Bertz CT molecular complexity index is 914. The van der Waals surface area contributed by atoms with Crippen molar-refractivity contribution in [1.82, 2.24) is 5.32 Å². The Hall–Kier alpha value is -2.73. The molecule has 0 radical (unpaired) electrons. The molecule has 1 aliphatic rings. The second-order valence-corrected chi connectivity index (χ2v) is 7.30. The monoisotopic (exact) mass is 417 g/mol. The summed E-state index contributed by atoms with van der Waals surface area (Å²) in [5.41, 5.74) is 2.54. The quantitative estimate of drug-likeness (QED) is 0.716. The van der Waals surface area contributed by atoms with Gasteiger partial charge in [0.1, 0.15) is 0 Å². The zero-order valence-corrected chi connectivity index (χ0v) is 17.4. The van der Waals surface area contributed by atoms with Gasteiger partial charge in [-0.2, -0.15) is 0 Å². The van der Waals surface area contributed by atoms with Gasteiger partial charge in [-0.3, -0.25) is 4.79 Å². The van der Waals surface area contributed by atoms with Gasteiger partial charge in [-0.05, 0) is 49.4 Å². The number of ether oxygens (including phenoxy) is 3. The predicted octanol–water partition coefficient (Wildman–Crippen LogP) is 4.10. The van der Waals surface area contributed by atoms with Crippen LogP contribution in [-0.4, -0.2) is 32.2 Å². The van der Waals surface area contributed by atoms with Gasteiger partial charge in [-0.15, -0.1) is 0 Å². The van der Waals surface area contributed by atoms with Crippen molar-refractivity contribution < 1.29 is 23.8 Å². The Morgan fingerprint density at radius 3 is 2.66 bits per heavy atom. The van der Waals surface area contributed by atoms with E-state index in [1.54, 1.807) is 6.92 Å². The van der Waals surface area contributed by atoms with Gasteiger partial charge in [0.15, 0.2) is 17.6 Å². The van der Waals surface area contributed by atoms with Crippen LogP contribution in [0, 0.1) is 0 Å². The van der Waals surface area contributed by atoms with Crippen LogP contribution in [0.3, 0.4) is 0 Å². The standard InChI is InChI=1S/C22H24ClNO5/c1-13(21(25)24-18-10-6-8-14-7-4-5-9-16(14)18)29-22(26)15-11-17(23)20(28-3)19(12-15)27-2/h4-5,7,9,11-13,18H,6,8,10H2,1-3H3,(H,24,25)/t13-,18+/m1/s1. The van der Waals surface area contributed by atoms with Crippen LogP contribution in [0.25, 0.3) is 0 Å². The third kappa shape index (κ3) is 4.65. The Morgan fingerprint density at radius 1 is 1.17 bits per heavy atom. The van der Waals surface area contributed by atoms with Crippen LogP contribution in [0.5, 0.6) is 11.5 Å². The third-order valence-corrected chi connectivity index (χ3v) is 5.29.